The predicted octanol–water partition coefficient (Wildman–Crippen LogP) is 4.70. The van der Waals surface area contributed by atoms with Crippen LogP contribution >= 0.6 is 0 Å². The van der Waals surface area contributed by atoms with Crippen molar-refractivity contribution in [2.24, 2.45) is 23.7 Å². The van der Waals surface area contributed by atoms with Crippen LogP contribution in [0, 0.1) is 29.5 Å². The number of sulfone groups is 1. The number of nitrogens with zero attached hydrogens (tertiary/aromatic N) is 5. The van der Waals surface area contributed by atoms with Gasteiger partial charge in [-0.15, -0.1) is 0 Å². The third-order valence-corrected chi connectivity index (χ3v) is 15.5. The van der Waals surface area contributed by atoms with Crippen LogP contribution in [0.5, 0.6) is 0 Å². The van der Waals surface area contributed by atoms with E-state index in [1.165, 1.54) is 19.6 Å². The Labute approximate surface area is 327 Å². The van der Waals surface area contributed by atoms with Gasteiger partial charge in [-0.3, -0.25) is 9.59 Å². The number of likely N-dealkylation sites (tertiary alicyclic amines) is 3. The molecule has 0 aromatic heterocycles. The number of hydrogen-bond acceptors (Lipinski definition) is 9. The minimum atomic E-state index is -3.51. The summed E-state index contributed by atoms with van der Waals surface area (Å²) in [6.45, 7) is 9.12. The molecular formula is C43H60FN5O5S. The van der Waals surface area contributed by atoms with Crippen LogP contribution in [0.3, 0.4) is 0 Å². The van der Waals surface area contributed by atoms with Crippen LogP contribution in [0.1, 0.15) is 50.5 Å². The van der Waals surface area contributed by atoms with Crippen molar-refractivity contribution >= 4 is 27.4 Å². The molecule has 300 valence electrons. The number of hydrogen-bond donors (Lipinski definition) is 0. The number of methoxy groups -OCH3 is 1. The van der Waals surface area contributed by atoms with E-state index in [0.717, 1.165) is 95.7 Å². The zero-order valence-electron chi connectivity index (χ0n) is 33.0. The van der Waals surface area contributed by atoms with Crippen molar-refractivity contribution in [3.63, 3.8) is 0 Å². The van der Waals surface area contributed by atoms with E-state index < -0.39 is 15.1 Å². The lowest BCUT2D eigenvalue weighted by Crippen LogP contribution is -2.58. The topological polar surface area (TPSA) is 93.7 Å². The fourth-order valence-electron chi connectivity index (χ4n) is 10.2. The van der Waals surface area contributed by atoms with Gasteiger partial charge in [0.2, 0.25) is 5.91 Å². The summed E-state index contributed by atoms with van der Waals surface area (Å²) in [5, 5.41) is -0.573. The Balaban J connectivity index is 0.944. The number of halogens is 1. The molecule has 0 spiro atoms. The first kappa shape index (κ1) is 39.9. The summed E-state index contributed by atoms with van der Waals surface area (Å²) in [5.74, 6) is 1.02. The number of likely N-dealkylation sites (N-methyl/N-ethyl adjacent to an activating group) is 1. The number of ether oxygens (including phenoxy) is 1. The Kier molecular flexibility index (Phi) is 12.4. The van der Waals surface area contributed by atoms with Crippen molar-refractivity contribution < 1.29 is 27.1 Å². The van der Waals surface area contributed by atoms with E-state index in [9.17, 15) is 18.0 Å². The van der Waals surface area contributed by atoms with Crippen LogP contribution in [-0.2, 0) is 29.6 Å². The second-order valence-corrected chi connectivity index (χ2v) is 19.4. The van der Waals surface area contributed by atoms with Crippen LogP contribution in [0.25, 0.3) is 0 Å². The predicted molar refractivity (Wildman–Crippen MR) is 213 cm³/mol. The molecule has 10 nitrogen and oxygen atoms in total. The minimum Gasteiger partial charge on any atom is -0.469 e. The van der Waals surface area contributed by atoms with Crippen LogP contribution in [0.4, 0.5) is 10.1 Å². The Hall–Kier alpha value is -3.32. The van der Waals surface area contributed by atoms with Crippen LogP contribution in [-0.4, -0.2) is 138 Å². The average molecular weight is 778 g/mol. The Morgan fingerprint density at radius 3 is 2.29 bits per heavy atom. The summed E-state index contributed by atoms with van der Waals surface area (Å²) >= 11 is 0. The van der Waals surface area contributed by atoms with Gasteiger partial charge in [-0.25, -0.2) is 12.8 Å². The number of rotatable bonds is 15. The zero-order valence-corrected chi connectivity index (χ0v) is 33.8. The zero-order chi connectivity index (χ0) is 38.7. The first-order chi connectivity index (χ1) is 26.5. The lowest BCUT2D eigenvalue weighted by Gasteiger charge is -2.54. The highest BCUT2D eigenvalue weighted by atomic mass is 32.2. The summed E-state index contributed by atoms with van der Waals surface area (Å²) in [4.78, 5) is 36.3. The summed E-state index contributed by atoms with van der Waals surface area (Å²) in [5.41, 5.74) is 1.94. The van der Waals surface area contributed by atoms with Gasteiger partial charge in [0.1, 0.15) is 11.1 Å². The van der Waals surface area contributed by atoms with Crippen LogP contribution < -0.4 is 4.90 Å². The van der Waals surface area contributed by atoms with E-state index in [1.807, 2.05) is 37.2 Å². The molecule has 2 aromatic rings. The highest BCUT2D eigenvalue weighted by Gasteiger charge is 2.53. The van der Waals surface area contributed by atoms with Gasteiger partial charge in [-0.1, -0.05) is 24.6 Å². The monoisotopic (exact) mass is 777 g/mol. The lowest BCUT2D eigenvalue weighted by atomic mass is 9.56. The van der Waals surface area contributed by atoms with Crippen LogP contribution in [0.15, 0.2) is 65.6 Å². The molecule has 0 radical (unpaired) electrons. The number of benzene rings is 2. The van der Waals surface area contributed by atoms with Crippen molar-refractivity contribution in [2.45, 2.75) is 60.5 Å². The van der Waals surface area contributed by atoms with Crippen molar-refractivity contribution in [2.75, 3.05) is 98.1 Å². The largest absolute Gasteiger partial charge is 0.469 e. The van der Waals surface area contributed by atoms with E-state index >= 15 is 4.39 Å². The molecule has 5 aliphatic rings. The SMILES string of the molecule is COC(=O)C[C@H]1CCC[C@@H]1[C@](CN1CCC1)(c1cccc(F)c1)C1CCN(CC2CN(c3ccc(S(=O)(=O)C4CN(C(=O)/C=C/CN(C)C)C4)cc3)C2)CC1. The highest BCUT2D eigenvalue weighted by Crippen LogP contribution is 2.54. The summed E-state index contributed by atoms with van der Waals surface area (Å²) in [7, 11) is 1.82. The van der Waals surface area contributed by atoms with Gasteiger partial charge >= 0.3 is 5.97 Å². The number of carbonyl (C=O) groups excluding carboxylic acids is 2. The molecule has 0 unspecified atom stereocenters. The second-order valence-electron chi connectivity index (χ2n) is 17.2. The summed E-state index contributed by atoms with van der Waals surface area (Å²) in [6, 6.07) is 14.7. The smallest absolute Gasteiger partial charge is 0.305 e. The molecule has 1 saturated carbocycles. The van der Waals surface area contributed by atoms with Gasteiger partial charge in [0.15, 0.2) is 9.84 Å². The quantitative estimate of drug-likeness (QED) is 0.189. The summed E-state index contributed by atoms with van der Waals surface area (Å²) in [6.07, 6.45) is 10.2. The highest BCUT2D eigenvalue weighted by molar-refractivity contribution is 7.92. The number of carbonyl (C=O) groups is 2. The second kappa shape index (κ2) is 17.0. The van der Waals surface area contributed by atoms with Gasteiger partial charge in [-0.2, -0.15) is 0 Å². The van der Waals surface area contributed by atoms with E-state index in [1.54, 1.807) is 35.2 Å². The first-order valence-corrected chi connectivity index (χ1v) is 22.0. The molecule has 1 aliphatic carbocycles. The Morgan fingerprint density at radius 1 is 0.927 bits per heavy atom. The van der Waals surface area contributed by atoms with Crippen molar-refractivity contribution in [3.05, 3.63) is 72.1 Å². The van der Waals surface area contributed by atoms with Gasteiger partial charge < -0.3 is 29.2 Å². The van der Waals surface area contributed by atoms with Crippen molar-refractivity contribution in [1.82, 2.24) is 19.6 Å². The number of anilines is 1. The molecule has 3 atom stereocenters. The number of esters is 1. The number of amides is 1. The molecule has 12 heteroatoms. The Morgan fingerprint density at radius 2 is 1.65 bits per heavy atom. The molecular weight excluding hydrogens is 718 g/mol. The maximum Gasteiger partial charge on any atom is 0.305 e. The fourth-order valence-corrected chi connectivity index (χ4v) is 11.9. The molecule has 4 heterocycles. The summed E-state index contributed by atoms with van der Waals surface area (Å²) < 4.78 is 46.8. The maximum atomic E-state index is 15.0. The van der Waals surface area contributed by atoms with E-state index in [0.29, 0.717) is 35.6 Å². The maximum absolute atomic E-state index is 15.0. The third-order valence-electron chi connectivity index (χ3n) is 13.4. The molecule has 55 heavy (non-hydrogen) atoms. The lowest BCUT2D eigenvalue weighted by molar-refractivity contribution is -0.142. The van der Waals surface area contributed by atoms with E-state index in [4.69, 9.17) is 4.74 Å². The normalized spacial score (nSPS) is 24.5. The molecule has 2 aromatic carbocycles. The molecule has 1 amide bonds. The number of piperidine rings is 1. The van der Waals surface area contributed by atoms with Gasteiger partial charge in [0.25, 0.3) is 0 Å². The van der Waals surface area contributed by atoms with E-state index in [-0.39, 0.29) is 42.1 Å². The van der Waals surface area contributed by atoms with Gasteiger partial charge in [0.05, 0.1) is 12.0 Å². The third kappa shape index (κ3) is 8.67. The van der Waals surface area contributed by atoms with Gasteiger partial charge in [0, 0.05) is 75.3 Å². The van der Waals surface area contributed by atoms with E-state index in [2.05, 4.69) is 20.8 Å². The molecule has 0 bridgehead atoms. The minimum absolute atomic E-state index is 0.140. The molecule has 4 aliphatic heterocycles. The molecule has 5 fully saturated rings. The van der Waals surface area contributed by atoms with Crippen molar-refractivity contribution in [3.8, 4) is 0 Å². The molecule has 4 saturated heterocycles. The van der Waals surface area contributed by atoms with Crippen LogP contribution in [0.2, 0.25) is 0 Å². The van der Waals surface area contributed by atoms with Gasteiger partial charge in [-0.05, 0) is 132 Å². The van der Waals surface area contributed by atoms with Crippen molar-refractivity contribution in [1.29, 1.82) is 0 Å². The first-order valence-electron chi connectivity index (χ1n) is 20.4. The molecule has 0 N–H and O–H groups in total. The standard InChI is InChI=1S/C43H60FN5O5S/c1-45(2)19-6-12-41(50)49-29-39(30-49)55(52,53)38-15-13-37(14-16-38)48-27-32(28-48)26-46-22-17-34(18-23-46)43(31-47-20-7-21-47,35-9-5-10-36(44)25-35)40-11-4-8-33(40)24-42(51)54-3/h5-6,9-10,12-16,25,32-34,39-40H,4,7-8,11,17-24,26-31H2,1-3H3/b12-6+/t33-,40+,43+/m1/s1. The fraction of sp³-hybridized carbons (Fsp3) is 0.628. The average Bonchev–Trinajstić information content (AvgIpc) is 3.57. The Bertz CT molecular complexity index is 1780. The molecule has 7 rings (SSSR count).